The Kier molecular flexibility index (Phi) is 3.81. The molecule has 1 saturated heterocycles. The molecule has 1 aromatic carbocycles. The first-order valence-electron chi connectivity index (χ1n) is 7.25. The van der Waals surface area contributed by atoms with E-state index in [2.05, 4.69) is 10.6 Å². The predicted octanol–water partition coefficient (Wildman–Crippen LogP) is -0.489. The molecule has 1 atom stereocenters. The molecule has 3 amide bonds. The van der Waals surface area contributed by atoms with E-state index in [1.165, 1.54) is 0 Å². The van der Waals surface area contributed by atoms with Gasteiger partial charge in [0.2, 0.25) is 11.8 Å². The summed E-state index contributed by atoms with van der Waals surface area (Å²) >= 11 is 0. The molecule has 0 saturated carbocycles. The third-order valence-corrected chi connectivity index (χ3v) is 4.04. The van der Waals surface area contributed by atoms with Crippen molar-refractivity contribution in [1.29, 1.82) is 0 Å². The summed E-state index contributed by atoms with van der Waals surface area (Å²) in [6.45, 7) is 1.26. The van der Waals surface area contributed by atoms with Crippen LogP contribution in [0, 0.1) is 0 Å². The van der Waals surface area contributed by atoms with Crippen molar-refractivity contribution < 1.29 is 14.4 Å². The van der Waals surface area contributed by atoms with E-state index in [1.54, 1.807) is 41.1 Å². The minimum absolute atomic E-state index is 0.0656. The van der Waals surface area contributed by atoms with E-state index in [4.69, 9.17) is 0 Å². The van der Waals surface area contributed by atoms with Crippen molar-refractivity contribution in [3.05, 3.63) is 29.8 Å². The summed E-state index contributed by atoms with van der Waals surface area (Å²) in [4.78, 5) is 40.2. The summed E-state index contributed by atoms with van der Waals surface area (Å²) in [6, 6.07) is 6.33. The van der Waals surface area contributed by atoms with E-state index in [0.717, 1.165) is 0 Å². The summed E-state index contributed by atoms with van der Waals surface area (Å²) in [5, 5.41) is 5.60. The molecule has 0 bridgehead atoms. The lowest BCUT2D eigenvalue weighted by molar-refractivity contribution is -0.134. The number of para-hydroxylation sites is 1. The summed E-state index contributed by atoms with van der Waals surface area (Å²) in [5.41, 5.74) is 1.02. The average molecular weight is 302 g/mol. The predicted molar refractivity (Wildman–Crippen MR) is 80.4 cm³/mol. The van der Waals surface area contributed by atoms with Gasteiger partial charge in [0.1, 0.15) is 6.04 Å². The third kappa shape index (κ3) is 2.43. The number of rotatable bonds is 2. The maximum Gasteiger partial charge on any atom is 0.256 e. The Labute approximate surface area is 128 Å². The molecular weight excluding hydrogens is 284 g/mol. The van der Waals surface area contributed by atoms with E-state index in [0.29, 0.717) is 24.3 Å². The monoisotopic (exact) mass is 302 g/mol. The molecule has 0 unspecified atom stereocenters. The number of carbonyl (C=O) groups excluding carboxylic acids is 3. The minimum atomic E-state index is -0.644. The lowest BCUT2D eigenvalue weighted by atomic mass is 10.1. The van der Waals surface area contributed by atoms with Gasteiger partial charge >= 0.3 is 0 Å². The van der Waals surface area contributed by atoms with Gasteiger partial charge in [0, 0.05) is 13.1 Å². The van der Waals surface area contributed by atoms with Crippen LogP contribution in [0.15, 0.2) is 24.3 Å². The van der Waals surface area contributed by atoms with Crippen molar-refractivity contribution in [1.82, 2.24) is 15.1 Å². The molecule has 2 heterocycles. The normalized spacial score (nSPS) is 20.9. The van der Waals surface area contributed by atoms with Gasteiger partial charge in [-0.3, -0.25) is 14.4 Å². The van der Waals surface area contributed by atoms with E-state index in [1.807, 2.05) is 0 Å². The van der Waals surface area contributed by atoms with Crippen LogP contribution < -0.4 is 10.6 Å². The molecule has 0 aliphatic carbocycles. The number of hydrogen-bond donors (Lipinski definition) is 2. The lowest BCUT2D eigenvalue weighted by Crippen LogP contribution is -2.60. The van der Waals surface area contributed by atoms with Gasteiger partial charge in [-0.1, -0.05) is 12.1 Å². The van der Waals surface area contributed by atoms with Crippen LogP contribution in [0.5, 0.6) is 0 Å². The fourth-order valence-corrected chi connectivity index (χ4v) is 2.89. The fourth-order valence-electron chi connectivity index (χ4n) is 2.89. The summed E-state index contributed by atoms with van der Waals surface area (Å²) in [7, 11) is 1.70. The van der Waals surface area contributed by atoms with Crippen LogP contribution in [-0.4, -0.2) is 66.8 Å². The van der Waals surface area contributed by atoms with E-state index >= 15 is 0 Å². The molecule has 116 valence electrons. The Balaban J connectivity index is 1.86. The standard InChI is InChI=1S/C15H18N4O3/c1-16-8-13(20)18-6-7-19-12(9-18)14(21)17-11-5-3-2-4-10(11)15(19)22/h2-5,12,16H,6-9H2,1H3,(H,17,21)/t12-/m1/s1. The summed E-state index contributed by atoms with van der Waals surface area (Å²) in [6.07, 6.45) is 0. The summed E-state index contributed by atoms with van der Waals surface area (Å²) in [5.74, 6) is -0.482. The van der Waals surface area contributed by atoms with Crippen molar-refractivity contribution >= 4 is 23.4 Å². The third-order valence-electron chi connectivity index (χ3n) is 4.04. The van der Waals surface area contributed by atoms with Crippen LogP contribution >= 0.6 is 0 Å². The summed E-state index contributed by atoms with van der Waals surface area (Å²) < 4.78 is 0. The maximum atomic E-state index is 12.6. The SMILES string of the molecule is CNCC(=O)N1CCN2C(=O)c3ccccc3NC(=O)[C@H]2C1. The second-order valence-electron chi connectivity index (χ2n) is 5.42. The Hall–Kier alpha value is -2.41. The van der Waals surface area contributed by atoms with Crippen molar-refractivity contribution in [2.45, 2.75) is 6.04 Å². The van der Waals surface area contributed by atoms with Gasteiger partial charge in [-0.05, 0) is 19.2 Å². The van der Waals surface area contributed by atoms with Gasteiger partial charge in [-0.25, -0.2) is 0 Å². The molecule has 22 heavy (non-hydrogen) atoms. The highest BCUT2D eigenvalue weighted by atomic mass is 16.2. The minimum Gasteiger partial charge on any atom is -0.337 e. The molecule has 0 aromatic heterocycles. The second kappa shape index (κ2) is 5.76. The van der Waals surface area contributed by atoms with Crippen LogP contribution in [0.3, 0.4) is 0 Å². The zero-order valence-corrected chi connectivity index (χ0v) is 12.3. The van der Waals surface area contributed by atoms with Gasteiger partial charge in [-0.15, -0.1) is 0 Å². The number of nitrogens with one attached hydrogen (secondary N) is 2. The van der Waals surface area contributed by atoms with Crippen LogP contribution in [0.2, 0.25) is 0 Å². The molecule has 7 heteroatoms. The van der Waals surface area contributed by atoms with E-state index in [9.17, 15) is 14.4 Å². The zero-order chi connectivity index (χ0) is 15.7. The molecule has 2 aliphatic heterocycles. The molecule has 2 N–H and O–H groups in total. The molecule has 2 aliphatic rings. The smallest absolute Gasteiger partial charge is 0.256 e. The van der Waals surface area contributed by atoms with Gasteiger partial charge < -0.3 is 20.4 Å². The quantitative estimate of drug-likeness (QED) is 0.772. The molecule has 0 spiro atoms. The van der Waals surface area contributed by atoms with Crippen molar-refractivity contribution in [3.63, 3.8) is 0 Å². The number of fused-ring (bicyclic) bond motifs is 2. The maximum absolute atomic E-state index is 12.6. The number of nitrogens with zero attached hydrogens (tertiary/aromatic N) is 2. The van der Waals surface area contributed by atoms with Gasteiger partial charge in [0.15, 0.2) is 0 Å². The van der Waals surface area contributed by atoms with Crippen molar-refractivity contribution in [3.8, 4) is 0 Å². The molecule has 7 nitrogen and oxygen atoms in total. The highest BCUT2D eigenvalue weighted by molar-refractivity contribution is 6.10. The second-order valence-corrected chi connectivity index (χ2v) is 5.42. The van der Waals surface area contributed by atoms with Crippen LogP contribution in [0.4, 0.5) is 5.69 Å². The van der Waals surface area contributed by atoms with Gasteiger partial charge in [0.05, 0.1) is 24.3 Å². The Bertz CT molecular complexity index is 631. The first-order valence-corrected chi connectivity index (χ1v) is 7.25. The topological polar surface area (TPSA) is 81.8 Å². The number of amides is 3. The van der Waals surface area contributed by atoms with Crippen LogP contribution in [0.25, 0.3) is 0 Å². The fraction of sp³-hybridized carbons (Fsp3) is 0.400. The van der Waals surface area contributed by atoms with E-state index < -0.39 is 6.04 Å². The number of hydrogen-bond acceptors (Lipinski definition) is 4. The van der Waals surface area contributed by atoms with Gasteiger partial charge in [0.25, 0.3) is 5.91 Å². The first kappa shape index (κ1) is 14.5. The molecule has 3 rings (SSSR count). The Morgan fingerprint density at radius 2 is 2.09 bits per heavy atom. The number of anilines is 1. The average Bonchev–Trinajstić information content (AvgIpc) is 2.63. The molecule has 0 radical (unpaired) electrons. The largest absolute Gasteiger partial charge is 0.337 e. The molecule has 1 aromatic rings. The highest BCUT2D eigenvalue weighted by Crippen LogP contribution is 2.25. The number of likely N-dealkylation sites (N-methyl/N-ethyl adjacent to an activating group) is 1. The lowest BCUT2D eigenvalue weighted by Gasteiger charge is -2.39. The number of piperazine rings is 1. The van der Waals surface area contributed by atoms with Crippen molar-refractivity contribution in [2.75, 3.05) is 38.5 Å². The van der Waals surface area contributed by atoms with Crippen molar-refractivity contribution in [2.24, 2.45) is 0 Å². The Morgan fingerprint density at radius 3 is 2.86 bits per heavy atom. The highest BCUT2D eigenvalue weighted by Gasteiger charge is 2.39. The van der Waals surface area contributed by atoms with Crippen LogP contribution in [0.1, 0.15) is 10.4 Å². The molecular formula is C15H18N4O3. The number of carbonyl (C=O) groups is 3. The Morgan fingerprint density at radius 1 is 1.32 bits per heavy atom. The zero-order valence-electron chi connectivity index (χ0n) is 12.3. The van der Waals surface area contributed by atoms with Crippen LogP contribution in [-0.2, 0) is 9.59 Å². The molecule has 1 fully saturated rings. The number of benzene rings is 1. The first-order chi connectivity index (χ1) is 10.6. The van der Waals surface area contributed by atoms with Gasteiger partial charge in [-0.2, -0.15) is 0 Å². The van der Waals surface area contributed by atoms with E-state index in [-0.39, 0.29) is 30.8 Å².